The van der Waals surface area contributed by atoms with E-state index in [0.29, 0.717) is 23.5 Å². The van der Waals surface area contributed by atoms with E-state index in [2.05, 4.69) is 20.3 Å². The van der Waals surface area contributed by atoms with E-state index in [1.807, 2.05) is 30.3 Å². The second-order valence-electron chi connectivity index (χ2n) is 9.80. The highest BCUT2D eigenvalue weighted by molar-refractivity contribution is 7.72. The van der Waals surface area contributed by atoms with E-state index in [4.69, 9.17) is 35.6 Å². The number of nitrogens with zero attached hydrogens (tertiary/aromatic N) is 4. The number of nitrogens with one attached hydrogen (secondary N) is 1. The first-order valence-electron chi connectivity index (χ1n) is 11.8. The van der Waals surface area contributed by atoms with Crippen molar-refractivity contribution in [3.05, 3.63) is 47.5 Å². The van der Waals surface area contributed by atoms with E-state index in [9.17, 15) is 14.0 Å². The Morgan fingerprint density at radius 3 is 2.53 bits per heavy atom. The topological polar surface area (TPSA) is 178 Å². The molecular formula is C22H28ClN5O8P2. The SMILES string of the molecule is CC1(C)OC2C(O1)[C@@H](CCP(=O)(O)CP(=O)(O)O)O[C@H]2n1cnc2c(NCc3ccccc3)nc(Cl)nc21. The quantitative estimate of drug-likeness (QED) is 0.212. The van der Waals surface area contributed by atoms with Gasteiger partial charge in [0.05, 0.1) is 12.4 Å². The molecule has 13 nitrogen and oxygen atoms in total. The largest absolute Gasteiger partial charge is 0.364 e. The summed E-state index contributed by atoms with van der Waals surface area (Å²) in [7, 11) is -8.77. The predicted molar refractivity (Wildman–Crippen MR) is 138 cm³/mol. The Labute approximate surface area is 223 Å². The van der Waals surface area contributed by atoms with Gasteiger partial charge >= 0.3 is 7.60 Å². The van der Waals surface area contributed by atoms with Crippen LogP contribution in [0.2, 0.25) is 5.28 Å². The van der Waals surface area contributed by atoms with Crippen molar-refractivity contribution in [3.63, 3.8) is 0 Å². The van der Waals surface area contributed by atoms with Crippen LogP contribution in [0.15, 0.2) is 36.7 Å². The van der Waals surface area contributed by atoms with Crippen molar-refractivity contribution in [1.82, 2.24) is 19.5 Å². The molecule has 0 radical (unpaired) electrons. The van der Waals surface area contributed by atoms with Gasteiger partial charge in [0.1, 0.15) is 18.1 Å². The average molecular weight is 588 g/mol. The summed E-state index contributed by atoms with van der Waals surface area (Å²) >= 11 is 6.26. The van der Waals surface area contributed by atoms with Crippen LogP contribution in [0.3, 0.4) is 0 Å². The maximum absolute atomic E-state index is 12.4. The van der Waals surface area contributed by atoms with Gasteiger partial charge in [-0.3, -0.25) is 13.7 Å². The Balaban J connectivity index is 1.40. The molecule has 2 fully saturated rings. The normalized spacial score (nSPS) is 26.4. The van der Waals surface area contributed by atoms with Crippen LogP contribution in [-0.2, 0) is 29.9 Å². The molecule has 4 N–H and O–H groups in total. The van der Waals surface area contributed by atoms with Gasteiger partial charge in [0.15, 0.2) is 29.0 Å². The number of halogens is 1. The minimum Gasteiger partial charge on any atom is -0.364 e. The van der Waals surface area contributed by atoms with Crippen molar-refractivity contribution in [2.75, 3.05) is 17.4 Å². The maximum Gasteiger partial charge on any atom is 0.335 e. The number of hydrogen-bond donors (Lipinski definition) is 4. The fourth-order valence-electron chi connectivity index (χ4n) is 4.78. The van der Waals surface area contributed by atoms with Crippen molar-refractivity contribution >= 4 is 43.5 Å². The summed E-state index contributed by atoms with van der Waals surface area (Å²) in [4.78, 5) is 41.6. The van der Waals surface area contributed by atoms with Gasteiger partial charge in [0.2, 0.25) is 12.7 Å². The van der Waals surface area contributed by atoms with Crippen LogP contribution < -0.4 is 5.32 Å². The van der Waals surface area contributed by atoms with Crippen molar-refractivity contribution in [2.45, 2.75) is 57.1 Å². The number of benzene rings is 1. The standard InChI is InChI=1S/C22H28ClN5O8P2/c1-22(2)35-16-14(8-9-37(29,30)12-38(31,32)33)34-20(17(16)36-22)28-11-25-15-18(26-21(23)27-19(15)28)24-10-13-6-4-3-5-7-13/h3-7,11,14,16-17,20H,8-10,12H2,1-2H3,(H,29,30)(H,24,26,27)(H2,31,32,33)/t14-,16?,17?,20-/m1/s1. The molecule has 0 saturated carbocycles. The molecule has 0 amide bonds. The summed E-state index contributed by atoms with van der Waals surface area (Å²) in [5.74, 6) is -1.60. The molecule has 2 aliphatic heterocycles. The van der Waals surface area contributed by atoms with Crippen molar-refractivity contribution < 1.29 is 38.0 Å². The lowest BCUT2D eigenvalue weighted by Gasteiger charge is -2.25. The van der Waals surface area contributed by atoms with Crippen LogP contribution in [0.25, 0.3) is 11.2 Å². The molecule has 16 heteroatoms. The second kappa shape index (κ2) is 10.2. The zero-order chi connectivity index (χ0) is 27.3. The summed E-state index contributed by atoms with van der Waals surface area (Å²) in [5.41, 5.74) is 1.90. The Hall–Kier alpha value is -1.92. The summed E-state index contributed by atoms with van der Waals surface area (Å²) in [5, 5.41) is 3.24. The van der Waals surface area contributed by atoms with E-state index in [-0.39, 0.29) is 17.9 Å². The van der Waals surface area contributed by atoms with Gasteiger partial charge < -0.3 is 34.2 Å². The molecule has 0 spiro atoms. The Morgan fingerprint density at radius 2 is 1.82 bits per heavy atom. The predicted octanol–water partition coefficient (Wildman–Crippen LogP) is 3.31. The van der Waals surface area contributed by atoms with Gasteiger partial charge in [0.25, 0.3) is 0 Å². The minimum absolute atomic E-state index is 0.00323. The minimum atomic E-state index is -4.66. The molecule has 5 rings (SSSR count). The first-order valence-corrected chi connectivity index (χ1v) is 16.1. The van der Waals surface area contributed by atoms with Crippen molar-refractivity contribution in [3.8, 4) is 0 Å². The third-order valence-electron chi connectivity index (χ3n) is 6.26. The third kappa shape index (κ3) is 6.12. The lowest BCUT2D eigenvalue weighted by atomic mass is 10.1. The smallest absolute Gasteiger partial charge is 0.335 e. The molecule has 0 aliphatic carbocycles. The van der Waals surface area contributed by atoms with E-state index in [1.54, 1.807) is 18.4 Å². The monoisotopic (exact) mass is 587 g/mol. The lowest BCUT2D eigenvalue weighted by Crippen LogP contribution is -2.30. The number of aromatic nitrogens is 4. The number of hydrogen-bond acceptors (Lipinski definition) is 9. The molecule has 2 aromatic heterocycles. The average Bonchev–Trinajstić information content (AvgIpc) is 3.46. The molecule has 3 aromatic rings. The highest BCUT2D eigenvalue weighted by atomic mass is 35.5. The zero-order valence-electron chi connectivity index (χ0n) is 20.5. The summed E-state index contributed by atoms with van der Waals surface area (Å²) in [6.07, 6.45) is -1.45. The van der Waals surface area contributed by atoms with E-state index >= 15 is 0 Å². The van der Waals surface area contributed by atoms with Crippen LogP contribution in [0.4, 0.5) is 5.82 Å². The highest BCUT2D eigenvalue weighted by Crippen LogP contribution is 2.56. The highest BCUT2D eigenvalue weighted by Gasteiger charge is 2.56. The number of fused-ring (bicyclic) bond motifs is 2. The Bertz CT molecular complexity index is 1420. The Kier molecular flexibility index (Phi) is 7.45. The fraction of sp³-hybridized carbons (Fsp3) is 0.500. The fourth-order valence-corrected chi connectivity index (χ4v) is 8.48. The zero-order valence-corrected chi connectivity index (χ0v) is 23.1. The summed E-state index contributed by atoms with van der Waals surface area (Å²) < 4.78 is 43.7. The van der Waals surface area contributed by atoms with E-state index in [0.717, 1.165) is 5.56 Å². The van der Waals surface area contributed by atoms with Crippen molar-refractivity contribution in [1.29, 1.82) is 0 Å². The number of imidazole rings is 1. The second-order valence-corrected chi connectivity index (χ2v) is 14.7. The van der Waals surface area contributed by atoms with Gasteiger partial charge in [-0.2, -0.15) is 9.97 Å². The molecule has 3 unspecified atom stereocenters. The number of rotatable bonds is 9. The molecule has 1 aromatic carbocycles. The van der Waals surface area contributed by atoms with E-state index < -0.39 is 51.2 Å². The number of ether oxygens (including phenoxy) is 3. The van der Waals surface area contributed by atoms with Crippen LogP contribution in [0.1, 0.15) is 32.1 Å². The lowest BCUT2D eigenvalue weighted by molar-refractivity contribution is -0.196. The van der Waals surface area contributed by atoms with Crippen molar-refractivity contribution in [2.24, 2.45) is 0 Å². The van der Waals surface area contributed by atoms with Gasteiger partial charge in [-0.05, 0) is 37.4 Å². The van der Waals surface area contributed by atoms with Crippen LogP contribution in [-0.4, -0.2) is 70.4 Å². The van der Waals surface area contributed by atoms with Gasteiger partial charge in [0, 0.05) is 12.7 Å². The van der Waals surface area contributed by atoms with Gasteiger partial charge in [-0.15, -0.1) is 0 Å². The molecule has 38 heavy (non-hydrogen) atoms. The van der Waals surface area contributed by atoms with Crippen LogP contribution >= 0.6 is 26.6 Å². The van der Waals surface area contributed by atoms with Gasteiger partial charge in [-0.1, -0.05) is 30.3 Å². The first-order chi connectivity index (χ1) is 17.8. The maximum atomic E-state index is 12.4. The Morgan fingerprint density at radius 1 is 1.11 bits per heavy atom. The molecule has 2 saturated heterocycles. The van der Waals surface area contributed by atoms with Crippen LogP contribution in [0, 0.1) is 0 Å². The number of anilines is 1. The van der Waals surface area contributed by atoms with Crippen LogP contribution in [0.5, 0.6) is 0 Å². The summed E-state index contributed by atoms with van der Waals surface area (Å²) in [6.45, 7) is 3.99. The molecule has 0 bridgehead atoms. The molecule has 4 heterocycles. The molecule has 5 atom stereocenters. The molecular weight excluding hydrogens is 560 g/mol. The molecule has 2 aliphatic rings. The third-order valence-corrected chi connectivity index (χ3v) is 10.6. The summed E-state index contributed by atoms with van der Waals surface area (Å²) in [6, 6.07) is 9.75. The molecule has 206 valence electrons. The first kappa shape index (κ1) is 27.6. The van der Waals surface area contributed by atoms with Gasteiger partial charge in [-0.25, -0.2) is 4.98 Å². The van der Waals surface area contributed by atoms with E-state index in [1.165, 1.54) is 6.33 Å².